The predicted molar refractivity (Wildman–Crippen MR) is 111 cm³/mol. The summed E-state index contributed by atoms with van der Waals surface area (Å²) >= 11 is 0. The zero-order chi connectivity index (χ0) is 23.3. The quantitative estimate of drug-likeness (QED) is 0.383. The van der Waals surface area contributed by atoms with E-state index in [-0.39, 0.29) is 12.8 Å². The van der Waals surface area contributed by atoms with Gasteiger partial charge in [0.1, 0.15) is 11.2 Å². The highest BCUT2D eigenvalue weighted by molar-refractivity contribution is 5.73. The van der Waals surface area contributed by atoms with Crippen LogP contribution in [0.1, 0.15) is 60.5 Å². The second-order valence-corrected chi connectivity index (χ2v) is 9.30. The number of nitrogens with one attached hydrogen (secondary N) is 1. The van der Waals surface area contributed by atoms with Gasteiger partial charge in [0.2, 0.25) is 0 Å². The molecule has 1 amide bonds. The van der Waals surface area contributed by atoms with Gasteiger partial charge in [0.25, 0.3) is 0 Å². The highest BCUT2D eigenvalue weighted by atomic mass is 16.6. The van der Waals surface area contributed by atoms with Gasteiger partial charge >= 0.3 is 17.7 Å². The Balaban J connectivity index is 3.03. The summed E-state index contributed by atoms with van der Waals surface area (Å²) in [5.74, 6) is -1.38. The van der Waals surface area contributed by atoms with Gasteiger partial charge in [0.15, 0.2) is 5.75 Å². The molecule has 1 rings (SSSR count). The number of phenolic OH excluding ortho intramolecular Hbond substituents is 1. The lowest BCUT2D eigenvalue weighted by molar-refractivity contribution is -0.385. The number of aromatic hydroxyl groups is 1. The van der Waals surface area contributed by atoms with E-state index in [2.05, 4.69) is 5.32 Å². The average molecular weight is 424 g/mol. The van der Waals surface area contributed by atoms with Crippen LogP contribution >= 0.6 is 0 Å². The van der Waals surface area contributed by atoms with Gasteiger partial charge in [-0.25, -0.2) is 4.79 Å². The molecule has 0 aromatic heterocycles. The molecular weight excluding hydrogens is 392 g/mol. The van der Waals surface area contributed by atoms with Crippen molar-refractivity contribution in [2.75, 3.05) is 0 Å². The Labute approximate surface area is 176 Å². The van der Waals surface area contributed by atoms with Gasteiger partial charge in [-0.3, -0.25) is 14.9 Å². The number of phenols is 1. The highest BCUT2D eigenvalue weighted by Crippen LogP contribution is 2.27. The Hall–Kier alpha value is -2.84. The van der Waals surface area contributed by atoms with E-state index in [0.29, 0.717) is 5.56 Å². The van der Waals surface area contributed by atoms with Gasteiger partial charge < -0.3 is 19.9 Å². The number of carbonyl (C=O) groups is 2. The highest BCUT2D eigenvalue weighted by Gasteiger charge is 2.27. The largest absolute Gasteiger partial charge is 0.502 e. The molecule has 1 aromatic carbocycles. The molecule has 1 aromatic rings. The molecule has 30 heavy (non-hydrogen) atoms. The van der Waals surface area contributed by atoms with Crippen molar-refractivity contribution in [3.05, 3.63) is 33.9 Å². The van der Waals surface area contributed by atoms with Crippen LogP contribution in [0, 0.1) is 16.0 Å². The van der Waals surface area contributed by atoms with Gasteiger partial charge in [-0.15, -0.1) is 0 Å². The molecular formula is C21H32N2O7. The number of esters is 1. The van der Waals surface area contributed by atoms with Crippen molar-refractivity contribution in [2.24, 2.45) is 5.92 Å². The smallest absolute Gasteiger partial charge is 0.407 e. The zero-order valence-electron chi connectivity index (χ0n) is 18.6. The number of carbonyl (C=O) groups excluding carboxylic acids is 2. The molecule has 9 nitrogen and oxygen atoms in total. The number of benzene rings is 1. The first-order valence-electron chi connectivity index (χ1n) is 9.76. The van der Waals surface area contributed by atoms with Gasteiger partial charge in [-0.05, 0) is 66.0 Å². The number of amides is 1. The third kappa shape index (κ3) is 9.11. The van der Waals surface area contributed by atoms with E-state index in [0.717, 1.165) is 0 Å². The first-order valence-corrected chi connectivity index (χ1v) is 9.76. The maximum Gasteiger partial charge on any atom is 0.407 e. The molecule has 0 saturated heterocycles. The maximum absolute atomic E-state index is 12.4. The zero-order valence-corrected chi connectivity index (χ0v) is 18.6. The number of hydrogen-bond acceptors (Lipinski definition) is 7. The molecule has 0 unspecified atom stereocenters. The van der Waals surface area contributed by atoms with Crippen LogP contribution in [-0.4, -0.2) is 39.3 Å². The molecule has 2 N–H and O–H groups in total. The van der Waals surface area contributed by atoms with Gasteiger partial charge in [-0.2, -0.15) is 0 Å². The number of ether oxygens (including phenoxy) is 2. The summed E-state index contributed by atoms with van der Waals surface area (Å²) in [4.78, 5) is 35.0. The van der Waals surface area contributed by atoms with Crippen LogP contribution in [0.25, 0.3) is 0 Å². The standard InChI is InChI=1S/C21H32N2O7/c1-13(18(25)29-20(2,3)4)10-15(22-19(26)30-21(5,6)7)11-14-8-9-17(24)16(12-14)23(27)28/h8-9,12-13,15,24H,10-11H2,1-7H3,(H,22,26)/t13-,15-/m1/s1. The minimum absolute atomic E-state index is 0.202. The Morgan fingerprint density at radius 3 is 2.20 bits per heavy atom. The Kier molecular flexibility index (Phi) is 8.21. The van der Waals surface area contributed by atoms with Crippen LogP contribution in [0.15, 0.2) is 18.2 Å². The first-order chi connectivity index (χ1) is 13.6. The summed E-state index contributed by atoms with van der Waals surface area (Å²) in [5, 5.41) is 23.5. The number of hydrogen-bond donors (Lipinski definition) is 2. The molecule has 2 atom stereocenters. The topological polar surface area (TPSA) is 128 Å². The molecule has 0 aliphatic rings. The molecule has 0 spiro atoms. The Morgan fingerprint density at radius 2 is 1.70 bits per heavy atom. The fourth-order valence-electron chi connectivity index (χ4n) is 2.72. The van der Waals surface area contributed by atoms with E-state index in [4.69, 9.17) is 9.47 Å². The second kappa shape index (κ2) is 9.77. The minimum atomic E-state index is -0.706. The van der Waals surface area contributed by atoms with E-state index in [1.807, 2.05) is 0 Å². The van der Waals surface area contributed by atoms with Crippen molar-refractivity contribution in [1.82, 2.24) is 5.32 Å². The third-order valence-electron chi connectivity index (χ3n) is 3.89. The number of rotatable bonds is 7. The van der Waals surface area contributed by atoms with Crippen LogP contribution in [0.2, 0.25) is 0 Å². The lowest BCUT2D eigenvalue weighted by atomic mass is 9.95. The molecule has 0 aliphatic carbocycles. The van der Waals surface area contributed by atoms with E-state index >= 15 is 0 Å². The van der Waals surface area contributed by atoms with Crippen molar-refractivity contribution >= 4 is 17.7 Å². The van der Waals surface area contributed by atoms with Crippen LogP contribution in [0.5, 0.6) is 5.75 Å². The van der Waals surface area contributed by atoms with E-state index in [1.54, 1.807) is 48.5 Å². The summed E-state index contributed by atoms with van der Waals surface area (Å²) in [5.41, 5.74) is -1.25. The molecule has 0 fully saturated rings. The van der Waals surface area contributed by atoms with Gasteiger partial charge in [0.05, 0.1) is 10.8 Å². The number of nitro groups is 1. The van der Waals surface area contributed by atoms with E-state index in [1.165, 1.54) is 18.2 Å². The third-order valence-corrected chi connectivity index (χ3v) is 3.89. The average Bonchev–Trinajstić information content (AvgIpc) is 2.52. The van der Waals surface area contributed by atoms with Gasteiger partial charge in [0, 0.05) is 12.1 Å². The SMILES string of the molecule is C[C@H](C[C@H](Cc1ccc(O)c([N+](=O)[O-])c1)NC(=O)OC(C)(C)C)C(=O)OC(C)(C)C. The van der Waals surface area contributed by atoms with Crippen molar-refractivity contribution in [2.45, 2.75) is 78.6 Å². The van der Waals surface area contributed by atoms with Crippen LogP contribution in [0.4, 0.5) is 10.5 Å². The van der Waals surface area contributed by atoms with E-state index < -0.39 is 51.6 Å². The Morgan fingerprint density at radius 1 is 1.13 bits per heavy atom. The van der Waals surface area contributed by atoms with Gasteiger partial charge in [-0.1, -0.05) is 13.0 Å². The number of nitro benzene ring substituents is 1. The molecule has 0 aliphatic heterocycles. The summed E-state index contributed by atoms with van der Waals surface area (Å²) < 4.78 is 10.7. The van der Waals surface area contributed by atoms with Crippen LogP contribution in [-0.2, 0) is 20.7 Å². The predicted octanol–water partition coefficient (Wildman–Crippen LogP) is 4.10. The summed E-state index contributed by atoms with van der Waals surface area (Å²) in [6, 6.07) is 3.46. The van der Waals surface area contributed by atoms with E-state index in [9.17, 15) is 24.8 Å². The van der Waals surface area contributed by atoms with Crippen LogP contribution in [0.3, 0.4) is 0 Å². The number of alkyl carbamates (subject to hydrolysis) is 1. The summed E-state index contributed by atoms with van der Waals surface area (Å²) in [6.45, 7) is 12.2. The normalized spacial score (nSPS) is 13.8. The fourth-order valence-corrected chi connectivity index (χ4v) is 2.72. The summed E-state index contributed by atoms with van der Waals surface area (Å²) in [6.07, 6.45) is -0.215. The molecule has 9 heteroatoms. The molecule has 0 bridgehead atoms. The molecule has 168 valence electrons. The minimum Gasteiger partial charge on any atom is -0.502 e. The van der Waals surface area contributed by atoms with Crippen molar-refractivity contribution < 1.29 is 29.1 Å². The lowest BCUT2D eigenvalue weighted by Gasteiger charge is -2.27. The monoisotopic (exact) mass is 424 g/mol. The maximum atomic E-state index is 12.4. The van der Waals surface area contributed by atoms with Crippen molar-refractivity contribution in [1.29, 1.82) is 0 Å². The fraction of sp³-hybridized carbons (Fsp3) is 0.619. The molecule has 0 heterocycles. The molecule has 0 radical (unpaired) electrons. The summed E-state index contributed by atoms with van der Waals surface area (Å²) in [7, 11) is 0. The van der Waals surface area contributed by atoms with Crippen molar-refractivity contribution in [3.63, 3.8) is 0 Å². The molecule has 0 saturated carbocycles. The second-order valence-electron chi connectivity index (χ2n) is 9.30. The van der Waals surface area contributed by atoms with Crippen LogP contribution < -0.4 is 5.32 Å². The lowest BCUT2D eigenvalue weighted by Crippen LogP contribution is -2.42. The first kappa shape index (κ1) is 25.2. The number of nitrogens with zero attached hydrogens (tertiary/aromatic N) is 1. The van der Waals surface area contributed by atoms with Crippen molar-refractivity contribution in [3.8, 4) is 5.75 Å². The Bertz CT molecular complexity index is 779.